The molecule has 0 N–H and O–H groups in total. The number of nitrogens with zero attached hydrogens (tertiary/aromatic N) is 6. The molecule has 7 aliphatic rings. The lowest BCUT2D eigenvalue weighted by Crippen LogP contribution is -2.34. The monoisotopic (exact) mass is 1500 g/mol. The van der Waals surface area contributed by atoms with E-state index in [4.69, 9.17) is 4.11 Å². The van der Waals surface area contributed by atoms with Crippen molar-refractivity contribution < 1.29 is 32.9 Å². The standard InChI is InChI=1S/C20H24N.C20H26N.2C18H20N.C16H20N.C15H18N/c1-13-7-5-6-8-14(13)19-18-15(11-12-21(19)4)16-9-10-17(18)20(16,2)3;1-14-9-7-8-10-15(14)18-17-16(11-12-21(18)6)19(2,3)13-20(17,4)5;2*1-12-5-3-4-6-15(12)18-17-14-8-7-13(11-14)16(17)9-10-19(18)2;1-5-14-7-8-15(13(3)10-14)16-9-6-12(2)11-17(16)4;1-11-5-7-14(13(3)9-11)15-8-6-12(2)10-16(15)4/h5-8,11-12,16-17H,9-10H2,1-4H3;7-12H,13H2,1-6H3;2*3-6,9-10,13-14H,7-8,11H2,1-2H3;6-11H,5H2,1-4H3;5-10H,1-4H3/q6*+1/i16D,17D;;13D,14D;;;. The van der Waals surface area contributed by atoms with E-state index in [0.29, 0.717) is 6.42 Å². The van der Waals surface area contributed by atoms with E-state index in [1.165, 1.54) is 149 Å². The first-order valence-electron chi connectivity index (χ1n) is 43.8. The number of aryl methyl sites for hydroxylation is 16. The van der Waals surface area contributed by atoms with Gasteiger partial charge in [-0.25, -0.2) is 27.4 Å². The topological polar surface area (TPSA) is 23.3 Å². The van der Waals surface area contributed by atoms with Gasteiger partial charge in [-0.2, -0.15) is 0 Å². The lowest BCUT2D eigenvalue weighted by atomic mass is 9.79. The zero-order valence-corrected chi connectivity index (χ0v) is 72.2. The second-order valence-electron chi connectivity index (χ2n) is 35.9. The minimum atomic E-state index is -0.680. The smallest absolute Gasteiger partial charge is 0.201 e. The lowest BCUT2D eigenvalue weighted by molar-refractivity contribution is -0.661. The van der Waals surface area contributed by atoms with E-state index in [-0.39, 0.29) is 16.2 Å². The van der Waals surface area contributed by atoms with Gasteiger partial charge >= 0.3 is 0 Å². The SMILES string of the molecule is CCc1ccc(-c2ccc(C)c[n+]2C)c(C)c1.Cc1ccc(-c2ccc(C)c[n+]2C)c(C)c1.Cc1ccccc1-c1c2c(cc[n+]1C)C(C)(C)CC2(C)C.Cc1ccccc1-c1c2c(cc[n+]1C)C1CCC2C1.[2H]C12CCC([2H])(C1)c1c2cc[n+](C)c1-c1ccccc1C.[2H]C12CCC([2H])(c3c1cc[n+](C)c3-c1ccccc1C)C2(C)C. The van der Waals surface area contributed by atoms with Crippen LogP contribution in [0.1, 0.15) is 247 Å². The Labute approximate surface area is 684 Å². The van der Waals surface area contributed by atoms with E-state index >= 15 is 0 Å². The van der Waals surface area contributed by atoms with Crippen LogP contribution in [-0.4, -0.2) is 0 Å². The molecule has 6 heteroatoms. The molecule has 3 fully saturated rings. The Balaban J connectivity index is 0.000000116. The van der Waals surface area contributed by atoms with Gasteiger partial charge < -0.3 is 0 Å². The van der Waals surface area contributed by atoms with Crippen LogP contribution in [0.5, 0.6) is 0 Å². The van der Waals surface area contributed by atoms with Gasteiger partial charge in [-0.1, -0.05) is 151 Å². The second kappa shape index (κ2) is 32.2. The summed E-state index contributed by atoms with van der Waals surface area (Å²) >= 11 is 0. The summed E-state index contributed by atoms with van der Waals surface area (Å²) < 4.78 is 49.3. The molecule has 19 rings (SSSR count). The fraction of sp³-hybridized carbons (Fsp3) is 0.383. The Hall–Kier alpha value is -9.78. The van der Waals surface area contributed by atoms with Gasteiger partial charge in [-0.15, -0.1) is 0 Å². The maximum absolute atomic E-state index is 9.30. The fourth-order valence-corrected chi connectivity index (χ4v) is 20.9. The van der Waals surface area contributed by atoms with Gasteiger partial charge in [-0.3, -0.25) is 0 Å². The first-order valence-corrected chi connectivity index (χ1v) is 41.8. The molecule has 3 saturated carbocycles. The van der Waals surface area contributed by atoms with Gasteiger partial charge in [0.2, 0.25) is 34.2 Å². The van der Waals surface area contributed by atoms with Crippen molar-refractivity contribution in [3.8, 4) is 67.5 Å². The molecule has 6 unspecified atom stereocenters. The zero-order chi connectivity index (χ0) is 84.0. The number of hydrogen-bond donors (Lipinski definition) is 0. The molecule has 0 aliphatic heterocycles. The average Bonchev–Trinajstić information content (AvgIpc) is 1.50. The molecule has 0 amide bonds. The minimum Gasteiger partial charge on any atom is -0.201 e. The van der Waals surface area contributed by atoms with E-state index < -0.39 is 23.6 Å². The number of aromatic nitrogens is 6. The molecule has 6 nitrogen and oxygen atoms in total. The van der Waals surface area contributed by atoms with Crippen LogP contribution in [0.2, 0.25) is 0 Å². The highest BCUT2D eigenvalue weighted by Gasteiger charge is 2.54. The molecule has 6 aromatic heterocycles. The number of hydrogen-bond acceptors (Lipinski definition) is 0. The largest absolute Gasteiger partial charge is 0.216 e. The molecule has 6 aromatic carbocycles. The lowest BCUT2D eigenvalue weighted by Gasteiger charge is -2.24. The molecule has 113 heavy (non-hydrogen) atoms. The zero-order valence-electron chi connectivity index (χ0n) is 76.2. The molecule has 0 saturated heterocycles. The molecule has 6 bridgehead atoms. The number of fused-ring (bicyclic) bond motifs is 16. The van der Waals surface area contributed by atoms with E-state index in [0.717, 1.165) is 77.6 Å². The predicted molar refractivity (Wildman–Crippen MR) is 468 cm³/mol. The van der Waals surface area contributed by atoms with Gasteiger partial charge in [0.15, 0.2) is 37.2 Å². The summed E-state index contributed by atoms with van der Waals surface area (Å²) in [5.41, 5.74) is 39.4. The van der Waals surface area contributed by atoms with Crippen molar-refractivity contribution in [3.05, 3.63) is 319 Å². The first-order chi connectivity index (χ1) is 55.4. The summed E-state index contributed by atoms with van der Waals surface area (Å²) in [6.45, 7) is 35.4. The number of rotatable bonds is 7. The van der Waals surface area contributed by atoms with Crippen LogP contribution in [0.15, 0.2) is 219 Å². The third-order valence-electron chi connectivity index (χ3n) is 26.4. The van der Waals surface area contributed by atoms with E-state index in [9.17, 15) is 1.37 Å². The maximum Gasteiger partial charge on any atom is 0.216 e. The average molecular weight is 1500 g/mol. The highest BCUT2D eigenvalue weighted by atomic mass is 15.0. The van der Waals surface area contributed by atoms with Crippen LogP contribution in [0.3, 0.4) is 0 Å². The third-order valence-corrected chi connectivity index (χ3v) is 26.4. The van der Waals surface area contributed by atoms with Crippen molar-refractivity contribution >= 4 is 0 Å². The first kappa shape index (κ1) is 74.6. The van der Waals surface area contributed by atoms with Crippen LogP contribution in [0, 0.1) is 67.7 Å². The van der Waals surface area contributed by atoms with Crippen molar-refractivity contribution in [2.24, 2.45) is 47.7 Å². The van der Waals surface area contributed by atoms with Crippen LogP contribution in [-0.2, 0) is 59.5 Å². The quantitative estimate of drug-likeness (QED) is 0.142. The number of benzene rings is 6. The van der Waals surface area contributed by atoms with Gasteiger partial charge in [0.05, 0.1) is 0 Å². The van der Waals surface area contributed by atoms with Gasteiger partial charge in [0, 0.05) is 109 Å². The molecule has 580 valence electrons. The Morgan fingerprint density at radius 1 is 0.345 bits per heavy atom. The van der Waals surface area contributed by atoms with E-state index in [1.54, 1.807) is 11.1 Å². The van der Waals surface area contributed by atoms with Crippen LogP contribution < -0.4 is 27.4 Å². The van der Waals surface area contributed by atoms with Crippen molar-refractivity contribution in [2.75, 3.05) is 0 Å². The summed E-state index contributed by atoms with van der Waals surface area (Å²) in [5, 5.41) is 0. The molecule has 0 radical (unpaired) electrons. The van der Waals surface area contributed by atoms with Crippen molar-refractivity contribution in [2.45, 2.75) is 221 Å². The fourth-order valence-electron chi connectivity index (χ4n) is 20.9. The molecule has 7 aliphatic carbocycles. The van der Waals surface area contributed by atoms with Crippen LogP contribution >= 0.6 is 0 Å². The summed E-state index contributed by atoms with van der Waals surface area (Å²) in [6, 6.07) is 65.2. The Morgan fingerprint density at radius 2 is 0.779 bits per heavy atom. The van der Waals surface area contributed by atoms with Crippen molar-refractivity contribution in [1.82, 2.24) is 0 Å². The van der Waals surface area contributed by atoms with Crippen LogP contribution in [0.4, 0.5) is 0 Å². The summed E-state index contributed by atoms with van der Waals surface area (Å²) in [6.07, 6.45) is 23.3. The summed E-state index contributed by atoms with van der Waals surface area (Å²) in [5.74, 6) is -0.793. The predicted octanol–water partition coefficient (Wildman–Crippen LogP) is 23.1. The summed E-state index contributed by atoms with van der Waals surface area (Å²) in [7, 11) is 12.7. The molecular weight excluding hydrogens is 1370 g/mol. The van der Waals surface area contributed by atoms with Gasteiger partial charge in [0.25, 0.3) is 0 Å². The van der Waals surface area contributed by atoms with Crippen LogP contribution in [0.25, 0.3) is 67.5 Å². The molecule has 6 atom stereocenters. The highest BCUT2D eigenvalue weighted by Crippen LogP contribution is 2.66. The van der Waals surface area contributed by atoms with Gasteiger partial charge in [-0.05, 0) is 288 Å². The van der Waals surface area contributed by atoms with Gasteiger partial charge in [0.1, 0.15) is 42.3 Å². The minimum absolute atomic E-state index is 0.218. The molecule has 12 aromatic rings. The van der Waals surface area contributed by atoms with Crippen molar-refractivity contribution in [3.63, 3.8) is 0 Å². The van der Waals surface area contributed by atoms with Crippen molar-refractivity contribution in [1.29, 1.82) is 0 Å². The number of pyridine rings is 6. The van der Waals surface area contributed by atoms with E-state index in [2.05, 4.69) is 393 Å². The molecule has 6 heterocycles. The highest BCUT2D eigenvalue weighted by molar-refractivity contribution is 5.73. The normalized spacial score (nSPS) is 22.3. The maximum atomic E-state index is 9.30. The molecular formula is C107H128N6+6. The molecule has 0 spiro atoms. The third kappa shape index (κ3) is 15.5. The van der Waals surface area contributed by atoms with E-state index in [1.807, 2.05) is 7.05 Å². The summed E-state index contributed by atoms with van der Waals surface area (Å²) in [4.78, 5) is 0. The Bertz CT molecular complexity index is 5710. The second-order valence-corrected chi connectivity index (χ2v) is 35.9. The Morgan fingerprint density at radius 3 is 1.29 bits per heavy atom. The Kier molecular flexibility index (Phi) is 21.3.